The number of carbonyl (C=O) groups is 1. The minimum atomic E-state index is -0.0857. The number of nitrogens with zero attached hydrogens (tertiary/aromatic N) is 2. The second-order valence-electron chi connectivity index (χ2n) is 5.30. The molecule has 0 aliphatic rings. The topological polar surface area (TPSA) is 78.4 Å². The molecular weight excluding hydrogens is 449 g/mol. The van der Waals surface area contributed by atoms with Gasteiger partial charge in [-0.3, -0.25) is 9.79 Å². The van der Waals surface area contributed by atoms with Crippen LogP contribution >= 0.6 is 35.3 Å². The fourth-order valence-electron chi connectivity index (χ4n) is 2.18. The highest BCUT2D eigenvalue weighted by Gasteiger charge is 2.11. The van der Waals surface area contributed by atoms with E-state index in [2.05, 4.69) is 45.0 Å². The molecule has 0 spiro atoms. The highest BCUT2D eigenvalue weighted by molar-refractivity contribution is 14.0. The summed E-state index contributed by atoms with van der Waals surface area (Å²) in [5, 5.41) is 9.40. The molecule has 8 heteroatoms. The maximum absolute atomic E-state index is 12.0. The van der Waals surface area contributed by atoms with Gasteiger partial charge in [0.1, 0.15) is 4.88 Å². The van der Waals surface area contributed by atoms with Crippen LogP contribution in [0.4, 0.5) is 0 Å². The normalized spacial score (nSPS) is 12.0. The lowest BCUT2D eigenvalue weighted by Gasteiger charge is -2.18. The number of guanidine groups is 1. The van der Waals surface area contributed by atoms with Crippen molar-refractivity contribution in [2.24, 2.45) is 4.99 Å². The van der Waals surface area contributed by atoms with Crippen molar-refractivity contribution in [3.05, 3.63) is 52.0 Å². The van der Waals surface area contributed by atoms with E-state index >= 15 is 0 Å². The summed E-state index contributed by atoms with van der Waals surface area (Å²) in [6, 6.07) is 10.3. The van der Waals surface area contributed by atoms with Gasteiger partial charge in [0, 0.05) is 20.1 Å². The van der Waals surface area contributed by atoms with Crippen molar-refractivity contribution in [2.75, 3.05) is 20.1 Å². The van der Waals surface area contributed by atoms with E-state index in [0.717, 1.165) is 5.69 Å². The van der Waals surface area contributed by atoms with Gasteiger partial charge in [-0.05, 0) is 19.4 Å². The third-order valence-corrected chi connectivity index (χ3v) is 4.46. The van der Waals surface area contributed by atoms with Gasteiger partial charge >= 0.3 is 0 Å². The van der Waals surface area contributed by atoms with Crippen molar-refractivity contribution < 1.29 is 4.79 Å². The molecule has 1 heterocycles. The first-order chi connectivity index (χ1) is 11.6. The summed E-state index contributed by atoms with van der Waals surface area (Å²) in [6.45, 7) is 5.01. The molecule has 0 saturated heterocycles. The maximum atomic E-state index is 12.0. The van der Waals surface area contributed by atoms with Gasteiger partial charge in [-0.1, -0.05) is 30.3 Å². The largest absolute Gasteiger partial charge is 0.355 e. The minimum Gasteiger partial charge on any atom is -0.355 e. The molecule has 25 heavy (non-hydrogen) atoms. The van der Waals surface area contributed by atoms with Crippen LogP contribution in [-0.2, 0) is 0 Å². The Morgan fingerprint density at radius 1 is 1.24 bits per heavy atom. The first-order valence-corrected chi connectivity index (χ1v) is 8.70. The Bertz CT molecular complexity index is 689. The summed E-state index contributed by atoms with van der Waals surface area (Å²) in [4.78, 5) is 20.9. The molecule has 136 valence electrons. The SMILES string of the molecule is CN=C(NCCNC(=O)c1scnc1C)NC(C)c1ccccc1.I. The van der Waals surface area contributed by atoms with Crippen LogP contribution in [0.2, 0.25) is 0 Å². The van der Waals surface area contributed by atoms with Crippen LogP contribution in [0, 0.1) is 6.92 Å². The number of hydrogen-bond acceptors (Lipinski definition) is 4. The molecule has 1 aromatic heterocycles. The highest BCUT2D eigenvalue weighted by atomic mass is 127. The van der Waals surface area contributed by atoms with Crippen molar-refractivity contribution in [3.63, 3.8) is 0 Å². The average Bonchev–Trinajstić information content (AvgIpc) is 3.04. The smallest absolute Gasteiger partial charge is 0.263 e. The first-order valence-electron chi connectivity index (χ1n) is 7.82. The molecule has 0 fully saturated rings. The standard InChI is InChI=1S/C17H23N5OS.HI/c1-12(14-7-5-4-6-8-14)22-17(18-3)20-10-9-19-16(23)15-13(2)21-11-24-15;/h4-8,11-12H,9-10H2,1-3H3,(H,19,23)(H2,18,20,22);1H. The minimum absolute atomic E-state index is 0. The summed E-state index contributed by atoms with van der Waals surface area (Å²) < 4.78 is 0. The fourth-order valence-corrected chi connectivity index (χ4v) is 2.90. The Morgan fingerprint density at radius 3 is 2.52 bits per heavy atom. The number of benzene rings is 1. The van der Waals surface area contributed by atoms with Crippen molar-refractivity contribution in [3.8, 4) is 0 Å². The van der Waals surface area contributed by atoms with E-state index in [1.165, 1.54) is 16.9 Å². The highest BCUT2D eigenvalue weighted by Crippen LogP contribution is 2.11. The lowest BCUT2D eigenvalue weighted by atomic mass is 10.1. The molecule has 2 aromatic rings. The number of aromatic nitrogens is 1. The van der Waals surface area contributed by atoms with Crippen molar-refractivity contribution in [1.29, 1.82) is 0 Å². The third-order valence-electron chi connectivity index (χ3n) is 3.53. The van der Waals surface area contributed by atoms with Crippen LogP contribution in [0.25, 0.3) is 0 Å². The van der Waals surface area contributed by atoms with Gasteiger partial charge in [-0.25, -0.2) is 4.98 Å². The number of hydrogen-bond donors (Lipinski definition) is 3. The van der Waals surface area contributed by atoms with Crippen LogP contribution in [0.3, 0.4) is 0 Å². The van der Waals surface area contributed by atoms with Gasteiger partial charge in [0.15, 0.2) is 5.96 Å². The van der Waals surface area contributed by atoms with Gasteiger partial charge < -0.3 is 16.0 Å². The van der Waals surface area contributed by atoms with E-state index in [1.807, 2.05) is 25.1 Å². The van der Waals surface area contributed by atoms with Crippen LogP contribution in [0.1, 0.15) is 33.9 Å². The zero-order valence-corrected chi connectivity index (χ0v) is 17.7. The molecule has 1 aromatic carbocycles. The number of rotatable bonds is 6. The second-order valence-corrected chi connectivity index (χ2v) is 6.15. The number of aryl methyl sites for hydroxylation is 1. The fraction of sp³-hybridized carbons (Fsp3) is 0.353. The molecule has 3 N–H and O–H groups in total. The zero-order valence-electron chi connectivity index (χ0n) is 14.6. The third kappa shape index (κ3) is 6.62. The van der Waals surface area contributed by atoms with E-state index in [0.29, 0.717) is 23.9 Å². The molecule has 1 amide bonds. The molecule has 1 atom stereocenters. The number of thiazole rings is 1. The lowest BCUT2D eigenvalue weighted by molar-refractivity contribution is 0.0957. The lowest BCUT2D eigenvalue weighted by Crippen LogP contribution is -2.42. The van der Waals surface area contributed by atoms with Crippen LogP contribution in [-0.4, -0.2) is 37.0 Å². The first kappa shape index (κ1) is 21.4. The summed E-state index contributed by atoms with van der Waals surface area (Å²) in [6.07, 6.45) is 0. The monoisotopic (exact) mass is 473 g/mol. The van der Waals surface area contributed by atoms with E-state index in [1.54, 1.807) is 12.6 Å². The summed E-state index contributed by atoms with van der Waals surface area (Å²) in [5.41, 5.74) is 3.63. The van der Waals surface area contributed by atoms with Gasteiger partial charge in [0.2, 0.25) is 0 Å². The van der Waals surface area contributed by atoms with E-state index in [-0.39, 0.29) is 35.9 Å². The molecule has 0 saturated carbocycles. The summed E-state index contributed by atoms with van der Waals surface area (Å²) in [5.74, 6) is 0.618. The number of aliphatic imine (C=N–C) groups is 1. The molecular formula is C17H24IN5OS. The van der Waals surface area contributed by atoms with Crippen LogP contribution in [0.15, 0.2) is 40.8 Å². The Kier molecular flexibility index (Phi) is 9.43. The van der Waals surface area contributed by atoms with Gasteiger partial charge in [0.25, 0.3) is 5.91 Å². The Labute approximate surface area is 169 Å². The molecule has 0 radical (unpaired) electrons. The molecule has 0 aliphatic carbocycles. The Hall–Kier alpha value is -1.68. The number of nitrogens with one attached hydrogen (secondary N) is 3. The summed E-state index contributed by atoms with van der Waals surface area (Å²) >= 11 is 1.35. The predicted molar refractivity (Wildman–Crippen MR) is 114 cm³/mol. The Balaban J connectivity index is 0.00000312. The van der Waals surface area contributed by atoms with Gasteiger partial charge in [-0.2, -0.15) is 0 Å². The van der Waals surface area contributed by atoms with E-state index in [9.17, 15) is 4.79 Å². The van der Waals surface area contributed by atoms with Crippen molar-refractivity contribution in [2.45, 2.75) is 19.9 Å². The molecule has 0 aliphatic heterocycles. The maximum Gasteiger partial charge on any atom is 0.263 e. The number of carbonyl (C=O) groups excluding carboxylic acids is 1. The van der Waals surface area contributed by atoms with Crippen molar-refractivity contribution >= 4 is 47.2 Å². The molecule has 0 bridgehead atoms. The molecule has 2 rings (SSSR count). The van der Waals surface area contributed by atoms with Crippen LogP contribution in [0.5, 0.6) is 0 Å². The summed E-state index contributed by atoms with van der Waals surface area (Å²) in [7, 11) is 1.73. The average molecular weight is 473 g/mol. The van der Waals surface area contributed by atoms with E-state index < -0.39 is 0 Å². The van der Waals surface area contributed by atoms with Gasteiger partial charge in [0.05, 0.1) is 17.2 Å². The molecule has 6 nitrogen and oxygen atoms in total. The predicted octanol–water partition coefficient (Wildman–Crippen LogP) is 2.73. The van der Waals surface area contributed by atoms with Gasteiger partial charge in [-0.15, -0.1) is 35.3 Å². The Morgan fingerprint density at radius 2 is 1.92 bits per heavy atom. The van der Waals surface area contributed by atoms with Crippen molar-refractivity contribution in [1.82, 2.24) is 20.9 Å². The quantitative estimate of drug-likeness (QED) is 0.261. The van der Waals surface area contributed by atoms with Crippen LogP contribution < -0.4 is 16.0 Å². The second kappa shape index (κ2) is 11.0. The number of halogens is 1. The number of amides is 1. The van der Waals surface area contributed by atoms with E-state index in [4.69, 9.17) is 0 Å². The zero-order chi connectivity index (χ0) is 17.4. The molecule has 1 unspecified atom stereocenters.